The number of nitriles is 1. The predicted molar refractivity (Wildman–Crippen MR) is 79.6 cm³/mol. The van der Waals surface area contributed by atoms with E-state index in [-0.39, 0.29) is 5.69 Å². The molecule has 21 heavy (non-hydrogen) atoms. The molecule has 0 fully saturated rings. The first-order valence-corrected chi connectivity index (χ1v) is 6.62. The van der Waals surface area contributed by atoms with Crippen LogP contribution < -0.4 is 5.32 Å². The Hall–Kier alpha value is -2.71. The summed E-state index contributed by atoms with van der Waals surface area (Å²) in [6.45, 7) is 0.578. The van der Waals surface area contributed by atoms with Crippen LogP contribution in [0.15, 0.2) is 54.6 Å². The van der Waals surface area contributed by atoms with Crippen molar-refractivity contribution in [1.29, 1.82) is 5.26 Å². The Balaban J connectivity index is 2.04. The number of nitrogens with one attached hydrogen (secondary N) is 1. The number of nitrogens with zero attached hydrogens (tertiary/aromatic N) is 2. The van der Waals surface area contributed by atoms with E-state index in [4.69, 9.17) is 0 Å². The standard InChI is InChI=1S/C16H15N3O2/c17-12-15(14-8-4-5-9-16(14)19(20)21)18-11-10-13-6-2-1-3-7-13/h1-9,15,18H,10-11H2. The second-order valence-corrected chi connectivity index (χ2v) is 4.57. The number of hydrogen-bond donors (Lipinski definition) is 1. The van der Waals surface area contributed by atoms with Crippen LogP contribution in [0.25, 0.3) is 0 Å². The molecule has 0 aliphatic carbocycles. The minimum atomic E-state index is -0.685. The summed E-state index contributed by atoms with van der Waals surface area (Å²) in [5.41, 5.74) is 1.53. The fourth-order valence-electron chi connectivity index (χ4n) is 2.13. The molecule has 0 aliphatic heterocycles. The molecule has 0 saturated heterocycles. The van der Waals surface area contributed by atoms with Gasteiger partial charge in [0.15, 0.2) is 0 Å². The molecule has 0 amide bonds. The number of hydrogen-bond acceptors (Lipinski definition) is 4. The van der Waals surface area contributed by atoms with Crippen molar-refractivity contribution in [1.82, 2.24) is 5.32 Å². The minimum Gasteiger partial charge on any atom is -0.298 e. The molecule has 2 rings (SSSR count). The van der Waals surface area contributed by atoms with Crippen LogP contribution in [0.4, 0.5) is 5.69 Å². The van der Waals surface area contributed by atoms with Crippen LogP contribution in [0.1, 0.15) is 17.2 Å². The average Bonchev–Trinajstić information content (AvgIpc) is 2.52. The van der Waals surface area contributed by atoms with Crippen molar-refractivity contribution in [2.24, 2.45) is 0 Å². The number of benzene rings is 2. The van der Waals surface area contributed by atoms with Gasteiger partial charge in [-0.05, 0) is 18.1 Å². The molecule has 0 aromatic heterocycles. The third-order valence-corrected chi connectivity index (χ3v) is 3.18. The largest absolute Gasteiger partial charge is 0.298 e. The maximum Gasteiger partial charge on any atom is 0.275 e. The minimum absolute atomic E-state index is 0.0312. The van der Waals surface area contributed by atoms with Crippen LogP contribution in [0.3, 0.4) is 0 Å². The average molecular weight is 281 g/mol. The molecule has 1 unspecified atom stereocenters. The van der Waals surface area contributed by atoms with E-state index in [2.05, 4.69) is 11.4 Å². The molecular formula is C16H15N3O2. The fourth-order valence-corrected chi connectivity index (χ4v) is 2.13. The molecule has 106 valence electrons. The van der Waals surface area contributed by atoms with Gasteiger partial charge in [-0.3, -0.25) is 15.4 Å². The van der Waals surface area contributed by atoms with Crippen LogP contribution in [0.2, 0.25) is 0 Å². The summed E-state index contributed by atoms with van der Waals surface area (Å²) in [4.78, 5) is 10.5. The molecule has 0 aliphatic rings. The van der Waals surface area contributed by atoms with E-state index < -0.39 is 11.0 Å². The first kappa shape index (κ1) is 14.7. The summed E-state index contributed by atoms with van der Waals surface area (Å²) >= 11 is 0. The molecule has 2 aromatic carbocycles. The van der Waals surface area contributed by atoms with E-state index in [1.807, 2.05) is 30.3 Å². The summed E-state index contributed by atoms with van der Waals surface area (Å²) in [5, 5.41) is 23.3. The van der Waals surface area contributed by atoms with Crippen LogP contribution >= 0.6 is 0 Å². The molecule has 1 atom stereocenters. The molecule has 0 bridgehead atoms. The van der Waals surface area contributed by atoms with Crippen LogP contribution in [0, 0.1) is 21.4 Å². The third kappa shape index (κ3) is 3.88. The van der Waals surface area contributed by atoms with Gasteiger partial charge in [0.1, 0.15) is 6.04 Å². The molecule has 5 nitrogen and oxygen atoms in total. The van der Waals surface area contributed by atoms with Gasteiger partial charge in [-0.15, -0.1) is 0 Å². The molecule has 0 heterocycles. The van der Waals surface area contributed by atoms with E-state index in [0.717, 1.165) is 12.0 Å². The summed E-state index contributed by atoms with van der Waals surface area (Å²) < 4.78 is 0. The lowest BCUT2D eigenvalue weighted by Crippen LogP contribution is -2.23. The highest BCUT2D eigenvalue weighted by atomic mass is 16.6. The van der Waals surface area contributed by atoms with Crippen molar-refractivity contribution in [2.75, 3.05) is 6.54 Å². The van der Waals surface area contributed by atoms with Crippen molar-refractivity contribution >= 4 is 5.69 Å². The number of rotatable bonds is 6. The Kier molecular flexibility index (Phi) is 5.02. The Labute approximate surface area is 123 Å². The Bertz CT molecular complexity index is 650. The van der Waals surface area contributed by atoms with Gasteiger partial charge in [0, 0.05) is 12.6 Å². The van der Waals surface area contributed by atoms with E-state index in [0.29, 0.717) is 12.1 Å². The van der Waals surface area contributed by atoms with Gasteiger partial charge >= 0.3 is 0 Å². The van der Waals surface area contributed by atoms with Crippen molar-refractivity contribution < 1.29 is 4.92 Å². The Morgan fingerprint density at radius 1 is 1.14 bits per heavy atom. The van der Waals surface area contributed by atoms with Gasteiger partial charge in [0.2, 0.25) is 0 Å². The summed E-state index contributed by atoms with van der Waals surface area (Å²) in [5.74, 6) is 0. The lowest BCUT2D eigenvalue weighted by molar-refractivity contribution is -0.385. The highest BCUT2D eigenvalue weighted by molar-refractivity contribution is 5.44. The van der Waals surface area contributed by atoms with Crippen molar-refractivity contribution in [3.8, 4) is 6.07 Å². The molecule has 1 N–H and O–H groups in total. The van der Waals surface area contributed by atoms with Crippen molar-refractivity contribution in [3.05, 3.63) is 75.8 Å². The van der Waals surface area contributed by atoms with Gasteiger partial charge in [-0.1, -0.05) is 42.5 Å². The highest BCUT2D eigenvalue weighted by Crippen LogP contribution is 2.24. The quantitative estimate of drug-likeness (QED) is 0.652. The van der Waals surface area contributed by atoms with E-state index >= 15 is 0 Å². The zero-order valence-corrected chi connectivity index (χ0v) is 11.4. The topological polar surface area (TPSA) is 79.0 Å². The summed E-state index contributed by atoms with van der Waals surface area (Å²) in [6, 6.07) is 17.6. The van der Waals surface area contributed by atoms with E-state index in [9.17, 15) is 15.4 Å². The van der Waals surface area contributed by atoms with Gasteiger partial charge in [0.25, 0.3) is 5.69 Å². The molecule has 0 radical (unpaired) electrons. The van der Waals surface area contributed by atoms with Crippen LogP contribution in [-0.4, -0.2) is 11.5 Å². The number of nitro groups is 1. The number of nitro benzene ring substituents is 1. The number of para-hydroxylation sites is 1. The highest BCUT2D eigenvalue weighted by Gasteiger charge is 2.20. The van der Waals surface area contributed by atoms with Gasteiger partial charge < -0.3 is 0 Å². The smallest absolute Gasteiger partial charge is 0.275 e. The second kappa shape index (κ2) is 7.17. The first-order chi connectivity index (χ1) is 10.2. The normalized spacial score (nSPS) is 11.6. The maximum absolute atomic E-state index is 11.0. The third-order valence-electron chi connectivity index (χ3n) is 3.18. The van der Waals surface area contributed by atoms with E-state index in [1.54, 1.807) is 18.2 Å². The molecule has 0 saturated carbocycles. The summed E-state index contributed by atoms with van der Waals surface area (Å²) in [7, 11) is 0. The first-order valence-electron chi connectivity index (χ1n) is 6.62. The zero-order chi connectivity index (χ0) is 15.1. The fraction of sp³-hybridized carbons (Fsp3) is 0.188. The Morgan fingerprint density at radius 3 is 2.48 bits per heavy atom. The zero-order valence-electron chi connectivity index (χ0n) is 11.4. The second-order valence-electron chi connectivity index (χ2n) is 4.57. The van der Waals surface area contributed by atoms with Crippen molar-refractivity contribution in [3.63, 3.8) is 0 Å². The Morgan fingerprint density at radius 2 is 1.81 bits per heavy atom. The molecule has 5 heteroatoms. The monoisotopic (exact) mass is 281 g/mol. The molecular weight excluding hydrogens is 266 g/mol. The van der Waals surface area contributed by atoms with Crippen LogP contribution in [-0.2, 0) is 6.42 Å². The van der Waals surface area contributed by atoms with E-state index in [1.165, 1.54) is 6.07 Å². The molecule has 2 aromatic rings. The van der Waals surface area contributed by atoms with Crippen LogP contribution in [0.5, 0.6) is 0 Å². The molecule has 0 spiro atoms. The SMILES string of the molecule is N#CC(NCCc1ccccc1)c1ccccc1[N+](=O)[O-]. The lowest BCUT2D eigenvalue weighted by atomic mass is 10.1. The lowest BCUT2D eigenvalue weighted by Gasteiger charge is -2.12. The van der Waals surface area contributed by atoms with Gasteiger partial charge in [-0.2, -0.15) is 5.26 Å². The maximum atomic E-state index is 11.0. The summed E-state index contributed by atoms with van der Waals surface area (Å²) in [6.07, 6.45) is 0.764. The van der Waals surface area contributed by atoms with Crippen molar-refractivity contribution in [2.45, 2.75) is 12.5 Å². The predicted octanol–water partition coefficient (Wildman–Crippen LogP) is 2.99. The van der Waals surface area contributed by atoms with Gasteiger partial charge in [-0.25, -0.2) is 0 Å². The van der Waals surface area contributed by atoms with Gasteiger partial charge in [0.05, 0.1) is 16.6 Å².